The normalized spacial score (nSPS) is 9.00. The minimum atomic E-state index is -0.216. The zero-order valence-electron chi connectivity index (χ0n) is 4.42. The second-order valence-corrected chi connectivity index (χ2v) is 1.94. The number of nitrogens with zero attached hydrogens (tertiary/aromatic N) is 1. The average molecular weight is 230 g/mol. The van der Waals surface area contributed by atoms with E-state index in [1.807, 2.05) is 0 Å². The molecule has 5 heteroatoms. The van der Waals surface area contributed by atoms with Crippen LogP contribution in [0.3, 0.4) is 0 Å². The fourth-order valence-corrected chi connectivity index (χ4v) is 0.713. The van der Waals surface area contributed by atoms with Crippen molar-refractivity contribution >= 4 is 22.9 Å². The first-order valence-electron chi connectivity index (χ1n) is 2.22. The van der Waals surface area contributed by atoms with E-state index >= 15 is 0 Å². The average Bonchev–Trinajstić information content (AvgIpc) is 1.90. The van der Waals surface area contributed by atoms with Gasteiger partial charge < -0.3 is 0 Å². The molecule has 0 spiro atoms. The van der Waals surface area contributed by atoms with Gasteiger partial charge in [-0.25, -0.2) is 0 Å². The summed E-state index contributed by atoms with van der Waals surface area (Å²) in [5.41, 5.74) is -0.216. The molecule has 4 nitrogen and oxygen atoms in total. The van der Waals surface area contributed by atoms with E-state index < -0.39 is 0 Å². The maximum atomic E-state index is 10.4. The van der Waals surface area contributed by atoms with E-state index in [2.05, 4.69) is 10.2 Å². The predicted molar refractivity (Wildman–Crippen MR) is 31.2 cm³/mol. The van der Waals surface area contributed by atoms with Gasteiger partial charge >= 0.3 is 64.6 Å². The molecule has 0 saturated heterocycles. The molecule has 9 heavy (non-hydrogen) atoms. The van der Waals surface area contributed by atoms with Crippen LogP contribution in [0.15, 0.2) is 16.9 Å². The molecular formula is C4H3N2O2Sn. The summed E-state index contributed by atoms with van der Waals surface area (Å²) < 4.78 is 4.78. The number of aromatic nitrogens is 2. The summed E-state index contributed by atoms with van der Waals surface area (Å²) in [7, 11) is 0. The molecule has 1 N–H and O–H groups in total. The van der Waals surface area contributed by atoms with Gasteiger partial charge in [-0.2, -0.15) is 0 Å². The molecule has 0 aliphatic rings. The Morgan fingerprint density at radius 3 is 2.89 bits per heavy atom. The van der Waals surface area contributed by atoms with E-state index in [0.717, 1.165) is 22.9 Å². The van der Waals surface area contributed by atoms with Crippen molar-refractivity contribution in [3.63, 3.8) is 0 Å². The molecule has 0 aliphatic carbocycles. The van der Waals surface area contributed by atoms with Gasteiger partial charge in [0, 0.05) is 0 Å². The molecule has 1 heterocycles. The fraction of sp³-hybridized carbons (Fsp3) is 0. The molecule has 0 aliphatic heterocycles. The molecule has 1 rings (SSSR count). The van der Waals surface area contributed by atoms with Gasteiger partial charge in [0.05, 0.1) is 0 Å². The van der Waals surface area contributed by atoms with Crippen LogP contribution in [0.5, 0.6) is 5.88 Å². The van der Waals surface area contributed by atoms with Gasteiger partial charge in [0.25, 0.3) is 0 Å². The quantitative estimate of drug-likeness (QED) is 0.644. The molecule has 0 amide bonds. The van der Waals surface area contributed by atoms with Crippen LogP contribution in [0.2, 0.25) is 0 Å². The van der Waals surface area contributed by atoms with Crippen molar-refractivity contribution in [2.45, 2.75) is 0 Å². The molecular weight excluding hydrogens is 227 g/mol. The van der Waals surface area contributed by atoms with Crippen molar-refractivity contribution in [1.29, 1.82) is 0 Å². The van der Waals surface area contributed by atoms with E-state index in [1.54, 1.807) is 0 Å². The van der Waals surface area contributed by atoms with Gasteiger partial charge in [0.1, 0.15) is 0 Å². The summed E-state index contributed by atoms with van der Waals surface area (Å²) in [6.45, 7) is 0. The Kier molecular flexibility index (Phi) is 2.10. The standard InChI is InChI=1S/C4H4N2O2.Sn/c7-3-1-2-4(8)6-5-3;/h1-2H,(H,5,7)(H,6,8);/q;+1/p-1. The van der Waals surface area contributed by atoms with Crippen molar-refractivity contribution in [2.75, 3.05) is 0 Å². The molecule has 1 aromatic heterocycles. The number of rotatable bonds is 1. The Labute approximate surface area is 64.9 Å². The molecule has 1 aromatic rings. The van der Waals surface area contributed by atoms with Crippen LogP contribution in [-0.2, 0) is 0 Å². The minimum absolute atomic E-state index is 0.216. The van der Waals surface area contributed by atoms with Crippen LogP contribution in [-0.4, -0.2) is 33.1 Å². The number of nitrogens with one attached hydrogen (secondary N) is 1. The van der Waals surface area contributed by atoms with Crippen LogP contribution in [0.1, 0.15) is 0 Å². The van der Waals surface area contributed by atoms with E-state index in [9.17, 15) is 4.79 Å². The number of aromatic amines is 1. The van der Waals surface area contributed by atoms with Gasteiger partial charge in [-0.05, 0) is 0 Å². The Morgan fingerprint density at radius 1 is 1.67 bits per heavy atom. The third-order valence-electron chi connectivity index (χ3n) is 0.758. The van der Waals surface area contributed by atoms with E-state index in [1.165, 1.54) is 12.1 Å². The molecule has 0 fully saturated rings. The first-order chi connectivity index (χ1) is 4.33. The predicted octanol–water partition coefficient (Wildman–Crippen LogP) is -0.768. The Morgan fingerprint density at radius 2 is 2.44 bits per heavy atom. The number of H-pyrrole nitrogens is 1. The van der Waals surface area contributed by atoms with Gasteiger partial charge in [-0.15, -0.1) is 0 Å². The summed E-state index contributed by atoms with van der Waals surface area (Å²) in [6.07, 6.45) is 0. The first-order valence-corrected chi connectivity index (χ1v) is 3.39. The van der Waals surface area contributed by atoms with Crippen LogP contribution >= 0.6 is 0 Å². The van der Waals surface area contributed by atoms with Crippen LogP contribution in [0, 0.1) is 0 Å². The Balaban J connectivity index is 3.02. The molecule has 0 saturated carbocycles. The van der Waals surface area contributed by atoms with Gasteiger partial charge in [-0.1, -0.05) is 0 Å². The summed E-state index contributed by atoms with van der Waals surface area (Å²) in [5, 5.41) is 5.79. The van der Waals surface area contributed by atoms with Crippen molar-refractivity contribution in [3.8, 4) is 5.88 Å². The summed E-state index contributed by atoms with van der Waals surface area (Å²) in [6, 6.07) is 2.89. The van der Waals surface area contributed by atoms with Gasteiger partial charge in [-0.3, -0.25) is 0 Å². The van der Waals surface area contributed by atoms with Crippen LogP contribution in [0.25, 0.3) is 0 Å². The van der Waals surface area contributed by atoms with Crippen molar-refractivity contribution in [1.82, 2.24) is 10.2 Å². The topological polar surface area (TPSA) is 55.0 Å². The summed E-state index contributed by atoms with van der Waals surface area (Å²) in [4.78, 5) is 10.4. The third-order valence-corrected chi connectivity index (χ3v) is 1.36. The van der Waals surface area contributed by atoms with Crippen LogP contribution in [0.4, 0.5) is 0 Å². The SMILES string of the molecule is O=c1ccc([O][Sn])n[nH]1. The monoisotopic (exact) mass is 231 g/mol. The number of hydrogen-bond acceptors (Lipinski definition) is 3. The third kappa shape index (κ3) is 1.70. The zero-order valence-corrected chi connectivity index (χ0v) is 7.27. The molecule has 3 radical (unpaired) electrons. The second-order valence-electron chi connectivity index (χ2n) is 1.36. The van der Waals surface area contributed by atoms with E-state index in [4.69, 9.17) is 3.07 Å². The first kappa shape index (κ1) is 6.60. The number of hydrogen-bond donors (Lipinski definition) is 1. The molecule has 0 unspecified atom stereocenters. The molecule has 45 valence electrons. The van der Waals surface area contributed by atoms with Gasteiger partial charge in [0.15, 0.2) is 0 Å². The molecule has 0 bridgehead atoms. The molecule has 0 aromatic carbocycles. The zero-order chi connectivity index (χ0) is 6.69. The van der Waals surface area contributed by atoms with E-state index in [-0.39, 0.29) is 5.56 Å². The van der Waals surface area contributed by atoms with Crippen molar-refractivity contribution in [2.24, 2.45) is 0 Å². The molecule has 0 atom stereocenters. The summed E-state index contributed by atoms with van der Waals surface area (Å²) in [5.74, 6) is 0.452. The van der Waals surface area contributed by atoms with Crippen LogP contribution < -0.4 is 8.63 Å². The summed E-state index contributed by atoms with van der Waals surface area (Å²) >= 11 is 0.906. The van der Waals surface area contributed by atoms with Crippen molar-refractivity contribution in [3.05, 3.63) is 22.5 Å². The second kappa shape index (κ2) is 2.86. The fourth-order valence-electron chi connectivity index (χ4n) is 0.389. The Hall–Kier alpha value is -0.521. The maximum absolute atomic E-state index is 10.4. The Bertz CT molecular complexity index is 226. The van der Waals surface area contributed by atoms with Gasteiger partial charge in [0.2, 0.25) is 0 Å². The van der Waals surface area contributed by atoms with Crippen molar-refractivity contribution < 1.29 is 3.07 Å². The van der Waals surface area contributed by atoms with E-state index in [0.29, 0.717) is 5.88 Å².